The van der Waals surface area contributed by atoms with Crippen molar-refractivity contribution in [2.24, 2.45) is 0 Å². The third-order valence-electron chi connectivity index (χ3n) is 4.16. The summed E-state index contributed by atoms with van der Waals surface area (Å²) < 4.78 is 0. The van der Waals surface area contributed by atoms with Crippen LogP contribution in [0.3, 0.4) is 0 Å². The maximum Gasteiger partial charge on any atom is 0.264 e. The summed E-state index contributed by atoms with van der Waals surface area (Å²) in [6.45, 7) is 0. The summed E-state index contributed by atoms with van der Waals surface area (Å²) in [5, 5.41) is 3.51. The molecule has 1 aromatic heterocycles. The van der Waals surface area contributed by atoms with E-state index in [-0.39, 0.29) is 16.6 Å². The van der Waals surface area contributed by atoms with Crippen LogP contribution < -0.4 is 16.2 Å². The highest BCUT2D eigenvalue weighted by molar-refractivity contribution is 6.32. The van der Waals surface area contributed by atoms with Gasteiger partial charge in [-0.3, -0.25) is 20.4 Å². The summed E-state index contributed by atoms with van der Waals surface area (Å²) in [4.78, 5) is 28.9. The number of hydrogen-bond acceptors (Lipinski definition) is 4. The number of aromatic nitrogens is 1. The van der Waals surface area contributed by atoms with Crippen molar-refractivity contribution in [1.82, 2.24) is 15.7 Å². The predicted octanol–water partition coefficient (Wildman–Crippen LogP) is 3.18. The van der Waals surface area contributed by atoms with E-state index in [1.54, 1.807) is 36.4 Å². The lowest BCUT2D eigenvalue weighted by Crippen LogP contribution is -2.63. The molecule has 2 aromatic rings. The van der Waals surface area contributed by atoms with Gasteiger partial charge in [-0.05, 0) is 55.7 Å². The average molecular weight is 379 g/mol. The van der Waals surface area contributed by atoms with E-state index in [0.717, 1.165) is 6.42 Å². The van der Waals surface area contributed by atoms with Gasteiger partial charge in [0.1, 0.15) is 10.7 Å². The highest BCUT2D eigenvalue weighted by Gasteiger charge is 2.45. The lowest BCUT2D eigenvalue weighted by atomic mass is 9.76. The van der Waals surface area contributed by atoms with E-state index in [2.05, 4.69) is 21.2 Å². The van der Waals surface area contributed by atoms with Crippen LogP contribution in [-0.2, 0) is 4.79 Å². The SMILES string of the molecule is O=C(NC1(C(=O)NNc2ccc(Cl)cc2)CCC1)c1cccnc1Cl. The molecule has 0 saturated heterocycles. The largest absolute Gasteiger partial charge is 0.337 e. The Morgan fingerprint density at radius 1 is 1.08 bits per heavy atom. The van der Waals surface area contributed by atoms with Gasteiger partial charge in [0.15, 0.2) is 0 Å². The molecule has 25 heavy (non-hydrogen) atoms. The zero-order valence-corrected chi connectivity index (χ0v) is 14.7. The monoisotopic (exact) mass is 378 g/mol. The van der Waals surface area contributed by atoms with Crippen LogP contribution in [0.2, 0.25) is 10.2 Å². The van der Waals surface area contributed by atoms with Gasteiger partial charge in [-0.1, -0.05) is 23.2 Å². The van der Waals surface area contributed by atoms with Crippen molar-refractivity contribution in [3.05, 3.63) is 58.3 Å². The first-order chi connectivity index (χ1) is 12.0. The maximum absolute atomic E-state index is 12.6. The Morgan fingerprint density at radius 3 is 2.40 bits per heavy atom. The first kappa shape index (κ1) is 17.5. The molecule has 3 rings (SSSR count). The molecule has 0 bridgehead atoms. The molecule has 1 aliphatic carbocycles. The van der Waals surface area contributed by atoms with Crippen LogP contribution >= 0.6 is 23.2 Å². The molecule has 130 valence electrons. The summed E-state index contributed by atoms with van der Waals surface area (Å²) in [7, 11) is 0. The Balaban J connectivity index is 1.65. The van der Waals surface area contributed by atoms with E-state index < -0.39 is 11.4 Å². The Labute approximate surface area is 154 Å². The summed E-state index contributed by atoms with van der Waals surface area (Å²) in [5.41, 5.74) is 5.44. The van der Waals surface area contributed by atoms with Crippen molar-refractivity contribution < 1.29 is 9.59 Å². The first-order valence-electron chi connectivity index (χ1n) is 7.75. The number of pyridine rings is 1. The molecule has 3 N–H and O–H groups in total. The molecule has 0 aliphatic heterocycles. The van der Waals surface area contributed by atoms with Crippen molar-refractivity contribution in [1.29, 1.82) is 0 Å². The minimum atomic E-state index is -0.949. The second kappa shape index (κ2) is 7.29. The van der Waals surface area contributed by atoms with Gasteiger partial charge in [-0.15, -0.1) is 0 Å². The summed E-state index contributed by atoms with van der Waals surface area (Å²) in [6.07, 6.45) is 3.48. The van der Waals surface area contributed by atoms with Crippen molar-refractivity contribution in [3.8, 4) is 0 Å². The van der Waals surface area contributed by atoms with Gasteiger partial charge < -0.3 is 5.32 Å². The Bertz CT molecular complexity index is 791. The molecule has 1 saturated carbocycles. The number of hydrazine groups is 1. The van der Waals surface area contributed by atoms with Gasteiger partial charge in [0, 0.05) is 11.2 Å². The number of amides is 2. The Hall–Kier alpha value is -2.31. The lowest BCUT2D eigenvalue weighted by molar-refractivity contribution is -0.130. The number of carbonyl (C=O) groups excluding carboxylic acids is 2. The predicted molar refractivity (Wildman–Crippen MR) is 96.5 cm³/mol. The third-order valence-corrected chi connectivity index (χ3v) is 4.72. The standard InChI is InChI=1S/C17H16Cl2N4O2/c18-11-4-6-12(7-5-11)22-23-16(25)17(8-2-9-17)21-15(24)13-3-1-10-20-14(13)19/h1,3-7,10,22H,2,8-9H2,(H,21,24)(H,23,25). The van der Waals surface area contributed by atoms with E-state index in [0.29, 0.717) is 23.6 Å². The maximum atomic E-state index is 12.6. The van der Waals surface area contributed by atoms with Gasteiger partial charge in [0.05, 0.1) is 11.3 Å². The zero-order valence-electron chi connectivity index (χ0n) is 13.2. The van der Waals surface area contributed by atoms with Gasteiger partial charge >= 0.3 is 0 Å². The normalized spacial score (nSPS) is 15.0. The van der Waals surface area contributed by atoms with Crippen LogP contribution in [0.4, 0.5) is 5.69 Å². The molecule has 1 heterocycles. The summed E-state index contributed by atoms with van der Waals surface area (Å²) in [5.74, 6) is -0.721. The Kier molecular flexibility index (Phi) is 5.11. The van der Waals surface area contributed by atoms with E-state index in [1.807, 2.05) is 0 Å². The van der Waals surface area contributed by atoms with Crippen molar-refractivity contribution >= 4 is 40.7 Å². The van der Waals surface area contributed by atoms with Crippen LogP contribution in [0.1, 0.15) is 29.6 Å². The fraction of sp³-hybridized carbons (Fsp3) is 0.235. The molecule has 2 amide bonds. The second-order valence-corrected chi connectivity index (χ2v) is 6.61. The molecule has 0 radical (unpaired) electrons. The summed E-state index contributed by atoms with van der Waals surface area (Å²) >= 11 is 11.8. The molecule has 0 spiro atoms. The molecule has 1 aliphatic rings. The van der Waals surface area contributed by atoms with Crippen molar-refractivity contribution in [2.45, 2.75) is 24.8 Å². The number of rotatable bonds is 5. The summed E-state index contributed by atoms with van der Waals surface area (Å²) in [6, 6.07) is 10.1. The zero-order chi connectivity index (χ0) is 17.9. The van der Waals surface area contributed by atoms with E-state index in [4.69, 9.17) is 23.2 Å². The van der Waals surface area contributed by atoms with Gasteiger partial charge in [0.25, 0.3) is 11.8 Å². The van der Waals surface area contributed by atoms with Gasteiger partial charge in [-0.25, -0.2) is 4.98 Å². The van der Waals surface area contributed by atoms with E-state index in [1.165, 1.54) is 6.20 Å². The number of nitrogens with zero attached hydrogens (tertiary/aromatic N) is 1. The van der Waals surface area contributed by atoms with Gasteiger partial charge in [-0.2, -0.15) is 0 Å². The smallest absolute Gasteiger partial charge is 0.264 e. The number of nitrogens with one attached hydrogen (secondary N) is 3. The molecule has 8 heteroatoms. The topological polar surface area (TPSA) is 83.1 Å². The number of benzene rings is 1. The van der Waals surface area contributed by atoms with E-state index >= 15 is 0 Å². The molecule has 1 aromatic carbocycles. The molecule has 1 fully saturated rings. The third kappa shape index (κ3) is 3.86. The first-order valence-corrected chi connectivity index (χ1v) is 8.51. The molecule has 0 atom stereocenters. The van der Waals surface area contributed by atoms with E-state index in [9.17, 15) is 9.59 Å². The molecule has 6 nitrogen and oxygen atoms in total. The van der Waals surface area contributed by atoms with Gasteiger partial charge in [0.2, 0.25) is 0 Å². The number of halogens is 2. The minimum Gasteiger partial charge on any atom is -0.337 e. The average Bonchev–Trinajstić information content (AvgIpc) is 2.57. The van der Waals surface area contributed by atoms with Crippen LogP contribution in [0, 0.1) is 0 Å². The highest BCUT2D eigenvalue weighted by atomic mass is 35.5. The molecular weight excluding hydrogens is 363 g/mol. The number of hydrogen-bond donors (Lipinski definition) is 3. The lowest BCUT2D eigenvalue weighted by Gasteiger charge is -2.40. The fourth-order valence-electron chi connectivity index (χ4n) is 2.56. The van der Waals surface area contributed by atoms with Crippen molar-refractivity contribution in [2.75, 3.05) is 5.43 Å². The number of carbonyl (C=O) groups is 2. The van der Waals surface area contributed by atoms with Crippen LogP contribution in [0.25, 0.3) is 0 Å². The number of anilines is 1. The minimum absolute atomic E-state index is 0.106. The van der Waals surface area contributed by atoms with Crippen LogP contribution in [0.5, 0.6) is 0 Å². The molecule has 0 unspecified atom stereocenters. The van der Waals surface area contributed by atoms with Crippen LogP contribution in [0.15, 0.2) is 42.6 Å². The van der Waals surface area contributed by atoms with Crippen LogP contribution in [-0.4, -0.2) is 22.3 Å². The second-order valence-electron chi connectivity index (χ2n) is 5.82. The highest BCUT2D eigenvalue weighted by Crippen LogP contribution is 2.32. The molecular formula is C17H16Cl2N4O2. The Morgan fingerprint density at radius 2 is 1.80 bits per heavy atom. The fourth-order valence-corrected chi connectivity index (χ4v) is 2.89. The van der Waals surface area contributed by atoms with Crippen molar-refractivity contribution in [3.63, 3.8) is 0 Å². The quantitative estimate of drug-likeness (QED) is 0.551.